The number of likely N-dealkylation sites (tertiary alicyclic amines) is 1. The minimum Gasteiger partial charge on any atom is -0.358 e. The van der Waals surface area contributed by atoms with Gasteiger partial charge in [0, 0.05) is 12.6 Å². The zero-order valence-electron chi connectivity index (χ0n) is 12.2. The van der Waals surface area contributed by atoms with Gasteiger partial charge in [-0.25, -0.2) is 0 Å². The van der Waals surface area contributed by atoms with Crippen LogP contribution in [-0.2, 0) is 4.79 Å². The number of ketones is 1. The smallest absolute Gasteiger partial charge is 0.237 e. The molecular formula is C16H22N2O2. The van der Waals surface area contributed by atoms with Gasteiger partial charge >= 0.3 is 0 Å². The molecule has 1 aliphatic heterocycles. The van der Waals surface area contributed by atoms with Gasteiger partial charge in [0.05, 0.1) is 12.6 Å². The molecule has 0 saturated carbocycles. The standard InChI is InChI=1S/C16H22N2O2/c1-12-6-8-13(9-7-12)15(19)11-18-10-4-3-5-14(18)16(20)17-2/h6-9,14H,3-5,10-11H2,1-2H3,(H,17,20). The molecule has 2 rings (SSSR count). The first-order chi connectivity index (χ1) is 9.61. The molecule has 0 bridgehead atoms. The Bertz CT molecular complexity index is 482. The second kappa shape index (κ2) is 6.66. The van der Waals surface area contributed by atoms with E-state index in [1.807, 2.05) is 36.1 Å². The molecule has 0 spiro atoms. The summed E-state index contributed by atoms with van der Waals surface area (Å²) in [4.78, 5) is 26.2. The number of aryl methyl sites for hydroxylation is 1. The monoisotopic (exact) mass is 274 g/mol. The van der Waals surface area contributed by atoms with Crippen LogP contribution in [-0.4, -0.2) is 42.8 Å². The molecule has 0 aromatic heterocycles. The Balaban J connectivity index is 2.04. The van der Waals surface area contributed by atoms with Crippen molar-refractivity contribution in [3.63, 3.8) is 0 Å². The fraction of sp³-hybridized carbons (Fsp3) is 0.500. The van der Waals surface area contributed by atoms with E-state index in [0.29, 0.717) is 6.54 Å². The van der Waals surface area contributed by atoms with Crippen LogP contribution >= 0.6 is 0 Å². The zero-order chi connectivity index (χ0) is 14.5. The number of nitrogens with one attached hydrogen (secondary N) is 1. The van der Waals surface area contributed by atoms with Gasteiger partial charge in [-0.15, -0.1) is 0 Å². The van der Waals surface area contributed by atoms with Gasteiger partial charge in [-0.2, -0.15) is 0 Å². The van der Waals surface area contributed by atoms with Gasteiger partial charge in [0.25, 0.3) is 0 Å². The molecule has 1 aromatic rings. The topological polar surface area (TPSA) is 49.4 Å². The minimum absolute atomic E-state index is 0.0152. The van der Waals surface area contributed by atoms with E-state index in [4.69, 9.17) is 0 Å². The second-order valence-electron chi connectivity index (χ2n) is 5.39. The summed E-state index contributed by atoms with van der Waals surface area (Å²) in [7, 11) is 1.65. The molecule has 1 amide bonds. The van der Waals surface area contributed by atoms with E-state index in [-0.39, 0.29) is 17.7 Å². The largest absolute Gasteiger partial charge is 0.358 e. The molecule has 1 heterocycles. The Morgan fingerprint density at radius 1 is 1.25 bits per heavy atom. The highest BCUT2D eigenvalue weighted by molar-refractivity contribution is 5.98. The van der Waals surface area contributed by atoms with Gasteiger partial charge in [0.15, 0.2) is 5.78 Å². The maximum Gasteiger partial charge on any atom is 0.237 e. The molecule has 1 N–H and O–H groups in total. The van der Waals surface area contributed by atoms with E-state index >= 15 is 0 Å². The molecular weight excluding hydrogens is 252 g/mol. The summed E-state index contributed by atoms with van der Waals surface area (Å²) in [5.41, 5.74) is 1.86. The second-order valence-corrected chi connectivity index (χ2v) is 5.39. The Morgan fingerprint density at radius 3 is 2.60 bits per heavy atom. The van der Waals surface area contributed by atoms with Crippen molar-refractivity contribution < 1.29 is 9.59 Å². The fourth-order valence-electron chi connectivity index (χ4n) is 2.66. The van der Waals surface area contributed by atoms with Crippen molar-refractivity contribution in [1.29, 1.82) is 0 Å². The molecule has 108 valence electrons. The number of amides is 1. The number of hydrogen-bond acceptors (Lipinski definition) is 3. The van der Waals surface area contributed by atoms with E-state index in [0.717, 1.165) is 36.9 Å². The number of hydrogen-bond donors (Lipinski definition) is 1. The van der Waals surface area contributed by atoms with Crippen molar-refractivity contribution in [2.75, 3.05) is 20.1 Å². The SMILES string of the molecule is CNC(=O)C1CCCCN1CC(=O)c1ccc(C)cc1. The third-order valence-corrected chi connectivity index (χ3v) is 3.88. The van der Waals surface area contributed by atoms with E-state index in [9.17, 15) is 9.59 Å². The van der Waals surface area contributed by atoms with Gasteiger partial charge in [-0.05, 0) is 26.3 Å². The molecule has 4 heteroatoms. The third-order valence-electron chi connectivity index (χ3n) is 3.88. The van der Waals surface area contributed by atoms with Crippen LogP contribution in [0, 0.1) is 6.92 Å². The van der Waals surface area contributed by atoms with Crippen molar-refractivity contribution in [1.82, 2.24) is 10.2 Å². The summed E-state index contributed by atoms with van der Waals surface area (Å²) in [5, 5.41) is 2.69. The summed E-state index contributed by atoms with van der Waals surface area (Å²) in [6, 6.07) is 7.44. The molecule has 1 unspecified atom stereocenters. The average Bonchev–Trinajstić information content (AvgIpc) is 2.47. The minimum atomic E-state index is -0.164. The molecule has 0 radical (unpaired) electrons. The Kier molecular flexibility index (Phi) is 4.90. The molecule has 1 aromatic carbocycles. The number of nitrogens with zero attached hydrogens (tertiary/aromatic N) is 1. The highest BCUT2D eigenvalue weighted by atomic mass is 16.2. The highest BCUT2D eigenvalue weighted by Crippen LogP contribution is 2.18. The van der Waals surface area contributed by atoms with E-state index in [1.165, 1.54) is 0 Å². The van der Waals surface area contributed by atoms with Gasteiger partial charge in [-0.3, -0.25) is 14.5 Å². The lowest BCUT2D eigenvalue weighted by Gasteiger charge is -2.33. The predicted octanol–water partition coefficient (Wildman–Crippen LogP) is 1.78. The van der Waals surface area contributed by atoms with Crippen LogP contribution in [0.2, 0.25) is 0 Å². The van der Waals surface area contributed by atoms with Gasteiger partial charge in [0.2, 0.25) is 5.91 Å². The van der Waals surface area contributed by atoms with Crippen LogP contribution in [0.1, 0.15) is 35.2 Å². The predicted molar refractivity (Wildman–Crippen MR) is 78.8 cm³/mol. The summed E-state index contributed by atoms with van der Waals surface area (Å²) < 4.78 is 0. The summed E-state index contributed by atoms with van der Waals surface area (Å²) in [6.07, 6.45) is 2.93. The van der Waals surface area contributed by atoms with Gasteiger partial charge in [-0.1, -0.05) is 36.2 Å². The molecule has 4 nitrogen and oxygen atoms in total. The molecule has 1 saturated heterocycles. The normalized spacial score (nSPS) is 19.6. The first-order valence-corrected chi connectivity index (χ1v) is 7.17. The summed E-state index contributed by atoms with van der Waals surface area (Å²) in [5.74, 6) is 0.0993. The van der Waals surface area contributed by atoms with E-state index in [1.54, 1.807) is 7.05 Å². The van der Waals surface area contributed by atoms with Crippen molar-refractivity contribution in [3.05, 3.63) is 35.4 Å². The molecule has 0 aliphatic carbocycles. The van der Waals surface area contributed by atoms with Crippen molar-refractivity contribution >= 4 is 11.7 Å². The summed E-state index contributed by atoms with van der Waals surface area (Å²) in [6.45, 7) is 3.14. The highest BCUT2D eigenvalue weighted by Gasteiger charge is 2.29. The lowest BCUT2D eigenvalue weighted by molar-refractivity contribution is -0.126. The number of carbonyl (C=O) groups is 2. The van der Waals surface area contributed by atoms with Crippen LogP contribution in [0.25, 0.3) is 0 Å². The number of likely N-dealkylation sites (N-methyl/N-ethyl adjacent to an activating group) is 1. The van der Waals surface area contributed by atoms with Crippen LogP contribution in [0.15, 0.2) is 24.3 Å². The number of rotatable bonds is 4. The Hall–Kier alpha value is -1.68. The van der Waals surface area contributed by atoms with E-state index < -0.39 is 0 Å². The van der Waals surface area contributed by atoms with Crippen molar-refractivity contribution in [3.8, 4) is 0 Å². The molecule has 1 aliphatic rings. The fourth-order valence-corrected chi connectivity index (χ4v) is 2.66. The van der Waals surface area contributed by atoms with Crippen LogP contribution in [0.5, 0.6) is 0 Å². The lowest BCUT2D eigenvalue weighted by Crippen LogP contribution is -2.50. The van der Waals surface area contributed by atoms with Gasteiger partial charge in [0.1, 0.15) is 0 Å². The summed E-state index contributed by atoms with van der Waals surface area (Å²) >= 11 is 0. The maximum atomic E-state index is 12.3. The van der Waals surface area contributed by atoms with Crippen molar-refractivity contribution in [2.24, 2.45) is 0 Å². The number of carbonyl (C=O) groups excluding carboxylic acids is 2. The number of benzene rings is 1. The van der Waals surface area contributed by atoms with Crippen LogP contribution in [0.3, 0.4) is 0 Å². The first-order valence-electron chi connectivity index (χ1n) is 7.17. The zero-order valence-corrected chi connectivity index (χ0v) is 12.2. The first kappa shape index (κ1) is 14.7. The number of piperidine rings is 1. The molecule has 1 atom stereocenters. The third kappa shape index (κ3) is 3.45. The van der Waals surface area contributed by atoms with E-state index in [2.05, 4.69) is 5.32 Å². The Morgan fingerprint density at radius 2 is 1.95 bits per heavy atom. The maximum absolute atomic E-state index is 12.3. The lowest BCUT2D eigenvalue weighted by atomic mass is 10.00. The average molecular weight is 274 g/mol. The van der Waals surface area contributed by atoms with Crippen LogP contribution < -0.4 is 5.32 Å². The number of Topliss-reactive ketones (excluding diaryl/α,β-unsaturated/α-hetero) is 1. The molecule has 20 heavy (non-hydrogen) atoms. The quantitative estimate of drug-likeness (QED) is 0.851. The van der Waals surface area contributed by atoms with Gasteiger partial charge < -0.3 is 5.32 Å². The van der Waals surface area contributed by atoms with Crippen LogP contribution in [0.4, 0.5) is 0 Å². The van der Waals surface area contributed by atoms with Crippen molar-refractivity contribution in [2.45, 2.75) is 32.2 Å². The Labute approximate surface area is 120 Å². The molecule has 1 fully saturated rings.